The fraction of sp³-hybridized carbons (Fsp3) is 0.259. The summed E-state index contributed by atoms with van der Waals surface area (Å²) in [5.74, 6) is -3.67. The summed E-state index contributed by atoms with van der Waals surface area (Å²) < 4.78 is 82.3. The fourth-order valence-corrected chi connectivity index (χ4v) is 3.87. The van der Waals surface area contributed by atoms with E-state index in [-0.39, 0.29) is 36.8 Å². The van der Waals surface area contributed by atoms with Crippen LogP contribution in [-0.4, -0.2) is 32.1 Å². The Morgan fingerprint density at radius 1 is 1.02 bits per heavy atom. The van der Waals surface area contributed by atoms with E-state index in [0.717, 1.165) is 11.0 Å². The van der Waals surface area contributed by atoms with E-state index in [2.05, 4.69) is 16.1 Å². The van der Waals surface area contributed by atoms with Crippen LogP contribution in [0.4, 0.5) is 42.5 Å². The molecule has 3 aromatic carbocycles. The molecule has 0 saturated carbocycles. The number of hydroxylamine groups is 1. The second-order valence-electron chi connectivity index (χ2n) is 8.72. The van der Waals surface area contributed by atoms with Gasteiger partial charge in [-0.3, -0.25) is 4.79 Å². The van der Waals surface area contributed by atoms with Gasteiger partial charge in [-0.15, -0.1) is 0 Å². The first-order valence-electron chi connectivity index (χ1n) is 11.9. The van der Waals surface area contributed by atoms with Crippen LogP contribution in [0.3, 0.4) is 0 Å². The highest BCUT2D eigenvalue weighted by Gasteiger charge is 2.31. The molecule has 0 aliphatic carbocycles. The summed E-state index contributed by atoms with van der Waals surface area (Å²) in [6.07, 6.45) is -4.34. The van der Waals surface area contributed by atoms with Crippen LogP contribution in [0.15, 0.2) is 54.6 Å². The van der Waals surface area contributed by atoms with Crippen molar-refractivity contribution in [2.45, 2.75) is 32.1 Å². The van der Waals surface area contributed by atoms with Crippen LogP contribution in [0.1, 0.15) is 24.5 Å². The van der Waals surface area contributed by atoms with Crippen LogP contribution < -0.4 is 21.0 Å². The molecular formula is C27H26F6N4O3. The molecule has 7 nitrogen and oxygen atoms in total. The topological polar surface area (TPSA) is 82.7 Å². The van der Waals surface area contributed by atoms with Crippen LogP contribution in [0.5, 0.6) is 0 Å². The van der Waals surface area contributed by atoms with Gasteiger partial charge in [0.15, 0.2) is 11.6 Å². The third-order valence-corrected chi connectivity index (χ3v) is 5.94. The minimum atomic E-state index is -4.74. The number of carbonyl (C=O) groups is 2. The van der Waals surface area contributed by atoms with Crippen molar-refractivity contribution in [1.29, 1.82) is 0 Å². The van der Waals surface area contributed by atoms with Gasteiger partial charge in [0.05, 0.1) is 24.0 Å². The Morgan fingerprint density at radius 2 is 1.75 bits per heavy atom. The van der Waals surface area contributed by atoms with Crippen molar-refractivity contribution < 1.29 is 40.8 Å². The molecule has 3 N–H and O–H groups in total. The molecular weight excluding hydrogens is 542 g/mol. The van der Waals surface area contributed by atoms with Crippen molar-refractivity contribution in [2.24, 2.45) is 0 Å². The average molecular weight is 569 g/mol. The zero-order valence-electron chi connectivity index (χ0n) is 21.4. The van der Waals surface area contributed by atoms with Crippen LogP contribution in [0.2, 0.25) is 0 Å². The predicted octanol–water partition coefficient (Wildman–Crippen LogP) is 6.00. The van der Waals surface area contributed by atoms with Crippen molar-refractivity contribution >= 4 is 23.8 Å². The summed E-state index contributed by atoms with van der Waals surface area (Å²) in [6.45, 7) is 1.65. The van der Waals surface area contributed by atoms with Gasteiger partial charge in [0.1, 0.15) is 5.82 Å². The molecule has 3 rings (SSSR count). The molecule has 0 bridgehead atoms. The monoisotopic (exact) mass is 568 g/mol. The van der Waals surface area contributed by atoms with Gasteiger partial charge in [-0.05, 0) is 54.8 Å². The first-order chi connectivity index (χ1) is 19.0. The van der Waals surface area contributed by atoms with E-state index in [0.29, 0.717) is 23.6 Å². The minimum Gasteiger partial charge on any atom is -0.335 e. The summed E-state index contributed by atoms with van der Waals surface area (Å²) in [5, 5.41) is 4.56. The van der Waals surface area contributed by atoms with Crippen LogP contribution >= 0.6 is 0 Å². The second-order valence-corrected chi connectivity index (χ2v) is 8.72. The molecule has 1 unspecified atom stereocenters. The molecule has 3 amide bonds. The van der Waals surface area contributed by atoms with Crippen molar-refractivity contribution in [3.8, 4) is 11.1 Å². The first kappa shape index (κ1) is 30.4. The average Bonchev–Trinajstić information content (AvgIpc) is 2.91. The maximum absolute atomic E-state index is 15.1. The maximum atomic E-state index is 15.1. The molecule has 0 aliphatic heterocycles. The zero-order chi connectivity index (χ0) is 29.4. The maximum Gasteiger partial charge on any atom is 0.416 e. The smallest absolute Gasteiger partial charge is 0.335 e. The lowest BCUT2D eigenvalue weighted by Crippen LogP contribution is -2.38. The number of hydrogen-bond acceptors (Lipinski definition) is 4. The molecule has 0 saturated heterocycles. The van der Waals surface area contributed by atoms with Crippen LogP contribution in [0.25, 0.3) is 11.1 Å². The zero-order valence-corrected chi connectivity index (χ0v) is 21.4. The highest BCUT2D eigenvalue weighted by atomic mass is 19.4. The first-order valence-corrected chi connectivity index (χ1v) is 11.9. The predicted molar refractivity (Wildman–Crippen MR) is 137 cm³/mol. The number of halogens is 6. The van der Waals surface area contributed by atoms with Crippen molar-refractivity contribution in [1.82, 2.24) is 10.8 Å². The molecule has 40 heavy (non-hydrogen) atoms. The molecule has 0 aromatic heterocycles. The SMILES string of the molecule is CONCc1ccccc1-c1ccc(N(C=O)CCC(C)NC(=O)Nc2ccc(C(F)(F)F)cc2F)c(F)c1F. The van der Waals surface area contributed by atoms with E-state index < -0.39 is 47.0 Å². The van der Waals surface area contributed by atoms with Gasteiger partial charge in [-0.2, -0.15) is 18.7 Å². The van der Waals surface area contributed by atoms with Gasteiger partial charge in [0.2, 0.25) is 6.41 Å². The molecule has 0 radical (unpaired) electrons. The number of nitrogens with one attached hydrogen (secondary N) is 3. The third kappa shape index (κ3) is 7.51. The van der Waals surface area contributed by atoms with E-state index >= 15 is 8.78 Å². The van der Waals surface area contributed by atoms with E-state index in [1.54, 1.807) is 24.3 Å². The van der Waals surface area contributed by atoms with Crippen molar-refractivity contribution in [2.75, 3.05) is 23.9 Å². The lowest BCUT2D eigenvalue weighted by molar-refractivity contribution is -0.137. The number of hydrogen-bond donors (Lipinski definition) is 3. The van der Waals surface area contributed by atoms with Gasteiger partial charge in [0.25, 0.3) is 0 Å². The number of anilines is 2. The quantitative estimate of drug-likeness (QED) is 0.151. The Bertz CT molecular complexity index is 1350. The third-order valence-electron chi connectivity index (χ3n) is 5.94. The van der Waals surface area contributed by atoms with E-state index in [1.165, 1.54) is 26.2 Å². The summed E-state index contributed by atoms with van der Waals surface area (Å²) in [5.41, 5.74) is 1.73. The van der Waals surface area contributed by atoms with E-state index in [1.807, 2.05) is 0 Å². The fourth-order valence-electron chi connectivity index (χ4n) is 3.87. The summed E-state index contributed by atoms with van der Waals surface area (Å²) >= 11 is 0. The summed E-state index contributed by atoms with van der Waals surface area (Å²) in [7, 11) is 1.42. The molecule has 3 aromatic rings. The van der Waals surface area contributed by atoms with Crippen molar-refractivity contribution in [3.05, 3.63) is 83.2 Å². The van der Waals surface area contributed by atoms with Gasteiger partial charge < -0.3 is 20.4 Å². The Balaban J connectivity index is 1.65. The van der Waals surface area contributed by atoms with Gasteiger partial charge in [-0.1, -0.05) is 24.3 Å². The molecule has 0 aliphatic rings. The van der Waals surface area contributed by atoms with Crippen LogP contribution in [0, 0.1) is 17.5 Å². The highest BCUT2D eigenvalue weighted by molar-refractivity contribution is 5.89. The number of urea groups is 1. The second kappa shape index (κ2) is 13.3. The Kier molecular flexibility index (Phi) is 10.1. The standard InChI is InChI=1S/C27H26F6N4O3/c1-16(35-26(39)36-22-9-7-18(13-21(22)28)27(31,32)33)11-12-37(15-38)23-10-8-20(24(29)25(23)30)19-6-4-3-5-17(19)14-34-40-2/h3-10,13,15-16,34H,11-12,14H2,1-2H3,(H2,35,36,39). The highest BCUT2D eigenvalue weighted by Crippen LogP contribution is 2.33. The van der Waals surface area contributed by atoms with E-state index in [9.17, 15) is 27.2 Å². The minimum absolute atomic E-state index is 0.0113. The number of alkyl halides is 3. The molecule has 13 heteroatoms. The van der Waals surface area contributed by atoms with Gasteiger partial charge in [-0.25, -0.2) is 18.0 Å². The number of rotatable bonds is 11. The normalized spacial score (nSPS) is 12.1. The molecule has 214 valence electrons. The molecule has 0 heterocycles. The molecule has 1 atom stereocenters. The number of carbonyl (C=O) groups excluding carboxylic acids is 2. The van der Waals surface area contributed by atoms with Gasteiger partial charge in [0, 0.05) is 24.7 Å². The van der Waals surface area contributed by atoms with Gasteiger partial charge >= 0.3 is 12.2 Å². The largest absolute Gasteiger partial charge is 0.416 e. The number of benzene rings is 3. The lowest BCUT2D eigenvalue weighted by atomic mass is 9.98. The Labute approximate surface area is 226 Å². The number of nitrogens with zero attached hydrogens (tertiary/aromatic N) is 1. The molecule has 0 spiro atoms. The summed E-state index contributed by atoms with van der Waals surface area (Å²) in [6, 6.07) is 9.48. The lowest BCUT2D eigenvalue weighted by Gasteiger charge is -2.22. The molecule has 0 fully saturated rings. The Hall–Kier alpha value is -4.10. The Morgan fingerprint density at radius 3 is 2.40 bits per heavy atom. The number of amides is 3. The van der Waals surface area contributed by atoms with Crippen LogP contribution in [-0.2, 0) is 22.4 Å². The van der Waals surface area contributed by atoms with Crippen molar-refractivity contribution in [3.63, 3.8) is 0 Å². The summed E-state index contributed by atoms with van der Waals surface area (Å²) in [4.78, 5) is 29.7. The van der Waals surface area contributed by atoms with E-state index in [4.69, 9.17) is 4.84 Å².